The molecule has 0 radical (unpaired) electrons. The fraction of sp³-hybridized carbons (Fsp3) is 0.838. The number of carbonyl (C=O) groups excluding carboxylic acids is 4. The number of hydrogen-bond acceptors (Lipinski definition) is 15. The van der Waals surface area contributed by atoms with E-state index in [0.717, 1.165) is 134 Å². The Balaban J connectivity index is 5.32. The number of unbranched alkanes of at least 4 members (excludes halogenated alkanes) is 33. The number of esters is 4. The molecule has 0 bridgehead atoms. The Morgan fingerprint density at radius 2 is 0.581 bits per heavy atom. The molecule has 0 spiro atoms. The van der Waals surface area contributed by atoms with Gasteiger partial charge in [-0.1, -0.05) is 276 Å². The van der Waals surface area contributed by atoms with Gasteiger partial charge in [0.15, 0.2) is 12.2 Å². The molecule has 0 saturated heterocycles. The molecular weight excluding hydrogens is 1220 g/mol. The van der Waals surface area contributed by atoms with Gasteiger partial charge in [-0.2, -0.15) is 0 Å². The Bertz CT molecular complexity index is 1990. The average Bonchev–Trinajstić information content (AvgIpc) is 3.69. The lowest BCUT2D eigenvalue weighted by Crippen LogP contribution is -2.30. The van der Waals surface area contributed by atoms with E-state index in [1.165, 1.54) is 109 Å². The van der Waals surface area contributed by atoms with Gasteiger partial charge in [0.25, 0.3) is 0 Å². The van der Waals surface area contributed by atoms with Crippen molar-refractivity contribution in [1.82, 2.24) is 0 Å². The van der Waals surface area contributed by atoms with Crippen molar-refractivity contribution in [3.63, 3.8) is 0 Å². The first-order valence-electron chi connectivity index (χ1n) is 37.1. The second-order valence-corrected chi connectivity index (χ2v) is 29.2. The van der Waals surface area contributed by atoms with E-state index < -0.39 is 97.5 Å². The lowest BCUT2D eigenvalue weighted by atomic mass is 10.0. The van der Waals surface area contributed by atoms with E-state index in [-0.39, 0.29) is 25.7 Å². The molecule has 3 N–H and O–H groups in total. The molecule has 0 aliphatic heterocycles. The Morgan fingerprint density at radius 1 is 0.333 bits per heavy atom. The molecule has 0 aromatic carbocycles. The van der Waals surface area contributed by atoms with E-state index in [2.05, 4.69) is 90.2 Å². The maximum atomic E-state index is 13.0. The Kier molecular flexibility index (Phi) is 62.9. The molecule has 0 aliphatic carbocycles. The quantitative estimate of drug-likeness (QED) is 0.0169. The van der Waals surface area contributed by atoms with E-state index in [1.54, 1.807) is 0 Å². The van der Waals surface area contributed by atoms with Crippen molar-refractivity contribution in [3.05, 3.63) is 48.6 Å². The van der Waals surface area contributed by atoms with Gasteiger partial charge in [-0.15, -0.1) is 0 Å². The van der Waals surface area contributed by atoms with Gasteiger partial charge < -0.3 is 33.8 Å². The van der Waals surface area contributed by atoms with Gasteiger partial charge in [-0.3, -0.25) is 37.3 Å². The van der Waals surface area contributed by atoms with E-state index in [4.69, 9.17) is 37.0 Å². The van der Waals surface area contributed by atoms with Crippen LogP contribution in [0.5, 0.6) is 0 Å². The Morgan fingerprint density at radius 3 is 0.871 bits per heavy atom. The summed E-state index contributed by atoms with van der Waals surface area (Å²) in [5.74, 6) is -0.734. The van der Waals surface area contributed by atoms with Crippen molar-refractivity contribution in [1.29, 1.82) is 0 Å². The molecule has 5 atom stereocenters. The summed E-state index contributed by atoms with van der Waals surface area (Å²) in [6.45, 7) is 9.37. The molecule has 0 aromatic heterocycles. The van der Waals surface area contributed by atoms with Crippen LogP contribution in [0.4, 0.5) is 0 Å². The normalized spacial score (nSPS) is 14.4. The van der Waals surface area contributed by atoms with Crippen LogP contribution < -0.4 is 0 Å². The van der Waals surface area contributed by atoms with Crippen LogP contribution in [0.2, 0.25) is 0 Å². The number of aliphatic hydroxyl groups is 1. The maximum Gasteiger partial charge on any atom is 0.472 e. The van der Waals surface area contributed by atoms with Gasteiger partial charge >= 0.3 is 39.5 Å². The highest BCUT2D eigenvalue weighted by atomic mass is 31.2. The van der Waals surface area contributed by atoms with E-state index in [9.17, 15) is 43.2 Å². The number of phosphoric acid groups is 2. The van der Waals surface area contributed by atoms with Crippen LogP contribution in [0, 0.1) is 11.8 Å². The monoisotopic (exact) mass is 1360 g/mol. The smallest absolute Gasteiger partial charge is 0.462 e. The molecule has 0 fully saturated rings. The summed E-state index contributed by atoms with van der Waals surface area (Å²) in [5, 5.41) is 10.6. The van der Waals surface area contributed by atoms with Crippen LogP contribution in [-0.4, -0.2) is 96.7 Å². The standard InChI is InChI=1S/C74H136O17P2/c1-7-9-11-13-15-17-19-21-23-25-27-32-38-44-50-56-71(76)84-62-69(90-74(79)59-53-47-40-34-30-29-31-36-42-48-54-66(3)4)64-88-92(80,81)86-60-68(75)61-87-93(82,83)89-65-70(63-85-72(77)57-51-45-41-35-37-43-49-55-67(5)6)91-73(78)58-52-46-39-33-28-26-24-22-20-18-16-14-12-10-8-2/h17-24,66-70,75H,7-16,25-65H2,1-6H3,(H,80,81)(H,82,83)/b19-17-,20-18-,23-21-,24-22-/t68?,69-,70-/m1/s1. The minimum atomic E-state index is -4.97. The summed E-state index contributed by atoms with van der Waals surface area (Å²) < 4.78 is 68.3. The maximum absolute atomic E-state index is 13.0. The van der Waals surface area contributed by atoms with Gasteiger partial charge in [0, 0.05) is 25.7 Å². The largest absolute Gasteiger partial charge is 0.472 e. The van der Waals surface area contributed by atoms with Crippen LogP contribution in [0.15, 0.2) is 48.6 Å². The van der Waals surface area contributed by atoms with Crippen molar-refractivity contribution in [3.8, 4) is 0 Å². The number of carbonyl (C=O) groups is 4. The van der Waals surface area contributed by atoms with Crippen LogP contribution in [0.25, 0.3) is 0 Å². The Hall–Kier alpha value is -2.98. The van der Waals surface area contributed by atoms with Crippen molar-refractivity contribution < 1.29 is 80.2 Å². The van der Waals surface area contributed by atoms with Gasteiger partial charge in [0.1, 0.15) is 19.3 Å². The SMILES string of the molecule is CCCCCC/C=C\C=C/CCCCCCCC(=O)OC[C@H](COP(=O)(O)OCC(O)COP(=O)(O)OC[C@@H](COC(=O)CCCCCCCCCC(C)C)OC(=O)CCCCCCC/C=C\C=C/CCCCCC)OC(=O)CCCCCCCCCCCCC(C)C. The molecule has 3 unspecified atom stereocenters. The highest BCUT2D eigenvalue weighted by molar-refractivity contribution is 7.47. The average molecular weight is 1360 g/mol. The summed E-state index contributed by atoms with van der Waals surface area (Å²) in [6.07, 6.45) is 57.2. The fourth-order valence-electron chi connectivity index (χ4n) is 10.2. The topological polar surface area (TPSA) is 237 Å². The number of hydrogen-bond donors (Lipinski definition) is 3. The molecular formula is C74H136O17P2. The van der Waals surface area contributed by atoms with Crippen LogP contribution in [0.1, 0.15) is 330 Å². The summed E-state index contributed by atoms with van der Waals surface area (Å²) in [4.78, 5) is 72.7. The minimum Gasteiger partial charge on any atom is -0.462 e. The van der Waals surface area contributed by atoms with Crippen molar-refractivity contribution in [2.24, 2.45) is 11.8 Å². The van der Waals surface area contributed by atoms with E-state index in [1.807, 2.05) is 0 Å². The molecule has 0 rings (SSSR count). The summed E-state index contributed by atoms with van der Waals surface area (Å²) in [7, 11) is -9.93. The molecule has 19 heteroatoms. The van der Waals surface area contributed by atoms with Crippen LogP contribution >= 0.6 is 15.6 Å². The zero-order valence-corrected chi connectivity index (χ0v) is 61.3. The number of aliphatic hydroxyl groups excluding tert-OH is 1. The first kappa shape index (κ1) is 90.0. The predicted molar refractivity (Wildman–Crippen MR) is 376 cm³/mol. The van der Waals surface area contributed by atoms with Crippen LogP contribution in [-0.2, 0) is 65.4 Å². The summed E-state index contributed by atoms with van der Waals surface area (Å²) in [6, 6.07) is 0. The molecule has 93 heavy (non-hydrogen) atoms. The summed E-state index contributed by atoms with van der Waals surface area (Å²) >= 11 is 0. The van der Waals surface area contributed by atoms with Gasteiger partial charge in [0.2, 0.25) is 0 Å². The first-order valence-corrected chi connectivity index (χ1v) is 40.1. The first-order chi connectivity index (χ1) is 44.9. The lowest BCUT2D eigenvalue weighted by Gasteiger charge is -2.21. The van der Waals surface area contributed by atoms with Crippen molar-refractivity contribution in [2.45, 2.75) is 349 Å². The molecule has 17 nitrogen and oxygen atoms in total. The number of allylic oxidation sites excluding steroid dienone is 8. The third kappa shape index (κ3) is 67.4. The zero-order valence-electron chi connectivity index (χ0n) is 59.5. The molecule has 0 amide bonds. The number of rotatable bonds is 69. The Labute approximate surface area is 566 Å². The summed E-state index contributed by atoms with van der Waals surface area (Å²) in [5.41, 5.74) is 0. The van der Waals surface area contributed by atoms with Gasteiger partial charge in [-0.05, 0) is 88.9 Å². The van der Waals surface area contributed by atoms with Gasteiger partial charge in [0.05, 0.1) is 26.4 Å². The zero-order chi connectivity index (χ0) is 68.6. The molecule has 0 heterocycles. The van der Waals surface area contributed by atoms with Crippen molar-refractivity contribution in [2.75, 3.05) is 39.6 Å². The third-order valence-electron chi connectivity index (χ3n) is 16.0. The lowest BCUT2D eigenvalue weighted by molar-refractivity contribution is -0.161. The molecule has 544 valence electrons. The molecule has 0 saturated carbocycles. The highest BCUT2D eigenvalue weighted by Gasteiger charge is 2.30. The number of phosphoric ester groups is 2. The second kappa shape index (κ2) is 65.0. The van der Waals surface area contributed by atoms with E-state index >= 15 is 0 Å². The highest BCUT2D eigenvalue weighted by Crippen LogP contribution is 2.45. The van der Waals surface area contributed by atoms with Crippen molar-refractivity contribution >= 4 is 39.5 Å². The van der Waals surface area contributed by atoms with E-state index in [0.29, 0.717) is 31.6 Å². The third-order valence-corrected chi connectivity index (χ3v) is 17.9. The molecule has 0 aliphatic rings. The van der Waals surface area contributed by atoms with Crippen LogP contribution in [0.3, 0.4) is 0 Å². The fourth-order valence-corrected chi connectivity index (χ4v) is 11.8. The van der Waals surface area contributed by atoms with Gasteiger partial charge in [-0.25, -0.2) is 9.13 Å². The minimum absolute atomic E-state index is 0.0817. The number of ether oxygens (including phenoxy) is 4. The second-order valence-electron chi connectivity index (χ2n) is 26.3. The predicted octanol–water partition coefficient (Wildman–Crippen LogP) is 20.7. The molecule has 0 aromatic rings.